The van der Waals surface area contributed by atoms with Crippen molar-refractivity contribution in [3.63, 3.8) is 0 Å². The SMILES string of the molecule is COc1ccc(OC)c(N=Nc2c(C)nc3c(C)cccn23)c1. The molecule has 0 aliphatic carbocycles. The van der Waals surface area contributed by atoms with Crippen LogP contribution in [-0.4, -0.2) is 23.6 Å². The maximum atomic E-state index is 5.32. The molecule has 6 heteroatoms. The molecule has 0 aliphatic heterocycles. The van der Waals surface area contributed by atoms with E-state index in [-0.39, 0.29) is 0 Å². The number of methoxy groups -OCH3 is 2. The topological polar surface area (TPSA) is 60.5 Å². The molecule has 0 N–H and O–H groups in total. The van der Waals surface area contributed by atoms with Crippen molar-refractivity contribution in [3.8, 4) is 11.5 Å². The number of rotatable bonds is 4. The van der Waals surface area contributed by atoms with Crippen LogP contribution < -0.4 is 9.47 Å². The van der Waals surface area contributed by atoms with Crippen molar-refractivity contribution >= 4 is 17.2 Å². The fourth-order valence-corrected chi connectivity index (χ4v) is 2.40. The van der Waals surface area contributed by atoms with Gasteiger partial charge in [-0.05, 0) is 37.6 Å². The summed E-state index contributed by atoms with van der Waals surface area (Å²) in [4.78, 5) is 4.55. The molecule has 118 valence electrons. The quantitative estimate of drug-likeness (QED) is 0.672. The zero-order valence-corrected chi connectivity index (χ0v) is 13.6. The van der Waals surface area contributed by atoms with Crippen LogP contribution in [0.4, 0.5) is 11.5 Å². The van der Waals surface area contributed by atoms with Crippen LogP contribution in [0.25, 0.3) is 5.65 Å². The molecular formula is C17H18N4O2. The van der Waals surface area contributed by atoms with E-state index in [1.54, 1.807) is 26.4 Å². The van der Waals surface area contributed by atoms with Gasteiger partial charge in [-0.3, -0.25) is 4.40 Å². The highest BCUT2D eigenvalue weighted by Crippen LogP contribution is 2.33. The van der Waals surface area contributed by atoms with Crippen LogP contribution in [0.1, 0.15) is 11.3 Å². The van der Waals surface area contributed by atoms with E-state index in [4.69, 9.17) is 9.47 Å². The summed E-state index contributed by atoms with van der Waals surface area (Å²) in [5.74, 6) is 2.04. The van der Waals surface area contributed by atoms with E-state index in [2.05, 4.69) is 15.2 Å². The minimum absolute atomic E-state index is 0.605. The van der Waals surface area contributed by atoms with Gasteiger partial charge in [0.15, 0.2) is 5.82 Å². The van der Waals surface area contributed by atoms with Crippen LogP contribution in [0.2, 0.25) is 0 Å². The average Bonchev–Trinajstić information content (AvgIpc) is 2.89. The predicted octanol–water partition coefficient (Wildman–Crippen LogP) is 4.38. The molecule has 23 heavy (non-hydrogen) atoms. The number of aromatic nitrogens is 2. The summed E-state index contributed by atoms with van der Waals surface area (Å²) in [5.41, 5.74) is 3.41. The third kappa shape index (κ3) is 2.75. The van der Waals surface area contributed by atoms with Gasteiger partial charge in [-0.25, -0.2) is 4.98 Å². The first-order valence-electron chi connectivity index (χ1n) is 7.22. The lowest BCUT2D eigenvalue weighted by molar-refractivity contribution is 0.404. The molecule has 0 saturated carbocycles. The molecule has 0 atom stereocenters. The molecular weight excluding hydrogens is 292 g/mol. The van der Waals surface area contributed by atoms with Crippen LogP contribution in [0, 0.1) is 13.8 Å². The third-order valence-corrected chi connectivity index (χ3v) is 3.63. The van der Waals surface area contributed by atoms with Crippen LogP contribution in [-0.2, 0) is 0 Å². The van der Waals surface area contributed by atoms with Gasteiger partial charge in [0.05, 0.1) is 19.9 Å². The Hall–Kier alpha value is -2.89. The van der Waals surface area contributed by atoms with Gasteiger partial charge in [0, 0.05) is 12.3 Å². The fraction of sp³-hybridized carbons (Fsp3) is 0.235. The molecule has 0 fully saturated rings. The van der Waals surface area contributed by atoms with Gasteiger partial charge in [0.1, 0.15) is 22.8 Å². The second-order valence-corrected chi connectivity index (χ2v) is 5.14. The van der Waals surface area contributed by atoms with Crippen LogP contribution in [0.5, 0.6) is 11.5 Å². The lowest BCUT2D eigenvalue weighted by atomic mass is 10.3. The minimum Gasteiger partial charge on any atom is -0.497 e. The second kappa shape index (κ2) is 6.08. The number of fused-ring (bicyclic) bond motifs is 1. The molecule has 0 saturated heterocycles. The Kier molecular flexibility index (Phi) is 3.97. The summed E-state index contributed by atoms with van der Waals surface area (Å²) < 4.78 is 12.5. The molecule has 0 unspecified atom stereocenters. The first kappa shape index (κ1) is 15.0. The summed E-state index contributed by atoms with van der Waals surface area (Å²) in [6.45, 7) is 3.94. The molecule has 0 aliphatic rings. The van der Waals surface area contributed by atoms with E-state index < -0.39 is 0 Å². The molecule has 6 nitrogen and oxygen atoms in total. The highest BCUT2D eigenvalue weighted by atomic mass is 16.5. The number of benzene rings is 1. The Morgan fingerprint density at radius 3 is 2.61 bits per heavy atom. The predicted molar refractivity (Wildman–Crippen MR) is 88.4 cm³/mol. The molecule has 2 aromatic heterocycles. The zero-order valence-electron chi connectivity index (χ0n) is 13.6. The first-order chi connectivity index (χ1) is 11.1. The van der Waals surface area contributed by atoms with Crippen molar-refractivity contribution in [1.82, 2.24) is 9.38 Å². The molecule has 0 amide bonds. The maximum absolute atomic E-state index is 5.32. The van der Waals surface area contributed by atoms with E-state index >= 15 is 0 Å². The number of ether oxygens (including phenoxy) is 2. The third-order valence-electron chi connectivity index (χ3n) is 3.63. The van der Waals surface area contributed by atoms with Crippen molar-refractivity contribution in [2.45, 2.75) is 13.8 Å². The van der Waals surface area contributed by atoms with Gasteiger partial charge in [-0.15, -0.1) is 10.2 Å². The zero-order chi connectivity index (χ0) is 16.4. The molecule has 0 spiro atoms. The van der Waals surface area contributed by atoms with Crippen molar-refractivity contribution in [2.75, 3.05) is 14.2 Å². The number of azo groups is 1. The molecule has 3 rings (SSSR count). The van der Waals surface area contributed by atoms with Gasteiger partial charge in [-0.2, -0.15) is 0 Å². The average molecular weight is 310 g/mol. The van der Waals surface area contributed by atoms with E-state index in [9.17, 15) is 0 Å². The highest BCUT2D eigenvalue weighted by Gasteiger charge is 2.10. The Morgan fingerprint density at radius 2 is 1.87 bits per heavy atom. The summed E-state index contributed by atoms with van der Waals surface area (Å²) in [5, 5.41) is 8.71. The van der Waals surface area contributed by atoms with Crippen molar-refractivity contribution < 1.29 is 9.47 Å². The lowest BCUT2D eigenvalue weighted by Gasteiger charge is -2.05. The number of nitrogens with zero attached hydrogens (tertiary/aromatic N) is 4. The van der Waals surface area contributed by atoms with E-state index in [0.717, 1.165) is 16.9 Å². The lowest BCUT2D eigenvalue weighted by Crippen LogP contribution is -1.87. The number of aryl methyl sites for hydroxylation is 2. The number of hydrogen-bond acceptors (Lipinski definition) is 5. The standard InChI is InChI=1S/C17H18N4O2/c1-11-6-5-9-21-16(11)18-12(2)17(21)20-19-14-10-13(22-3)7-8-15(14)23-4/h5-10H,1-4H3. The minimum atomic E-state index is 0.605. The van der Waals surface area contributed by atoms with Gasteiger partial charge in [-0.1, -0.05) is 6.07 Å². The van der Waals surface area contributed by atoms with E-state index in [0.29, 0.717) is 23.0 Å². The van der Waals surface area contributed by atoms with Gasteiger partial charge < -0.3 is 9.47 Å². The summed E-state index contributed by atoms with van der Waals surface area (Å²) in [6, 6.07) is 9.40. The Morgan fingerprint density at radius 1 is 1.04 bits per heavy atom. The summed E-state index contributed by atoms with van der Waals surface area (Å²) in [7, 11) is 3.21. The van der Waals surface area contributed by atoms with Crippen molar-refractivity contribution in [2.24, 2.45) is 10.2 Å². The Bertz CT molecular complexity index is 884. The number of pyridine rings is 1. The van der Waals surface area contributed by atoms with Crippen LogP contribution >= 0.6 is 0 Å². The van der Waals surface area contributed by atoms with E-state index in [1.165, 1.54) is 0 Å². The van der Waals surface area contributed by atoms with Gasteiger partial charge >= 0.3 is 0 Å². The van der Waals surface area contributed by atoms with Gasteiger partial charge in [0.2, 0.25) is 0 Å². The second-order valence-electron chi connectivity index (χ2n) is 5.14. The molecule has 1 aromatic carbocycles. The normalized spacial score (nSPS) is 11.3. The molecule has 0 bridgehead atoms. The van der Waals surface area contributed by atoms with Crippen molar-refractivity contribution in [3.05, 3.63) is 47.8 Å². The smallest absolute Gasteiger partial charge is 0.182 e. The van der Waals surface area contributed by atoms with Crippen LogP contribution in [0.15, 0.2) is 46.8 Å². The monoisotopic (exact) mass is 310 g/mol. The first-order valence-corrected chi connectivity index (χ1v) is 7.22. The summed E-state index contributed by atoms with van der Waals surface area (Å²) in [6.07, 6.45) is 1.93. The van der Waals surface area contributed by atoms with Crippen LogP contribution in [0.3, 0.4) is 0 Å². The van der Waals surface area contributed by atoms with Crippen molar-refractivity contribution in [1.29, 1.82) is 0 Å². The number of hydrogen-bond donors (Lipinski definition) is 0. The fourth-order valence-electron chi connectivity index (χ4n) is 2.40. The Labute approximate surface area is 134 Å². The number of imidazole rings is 1. The largest absolute Gasteiger partial charge is 0.497 e. The van der Waals surface area contributed by atoms with E-state index in [1.807, 2.05) is 42.6 Å². The Balaban J connectivity index is 2.07. The van der Waals surface area contributed by atoms with Gasteiger partial charge in [0.25, 0.3) is 0 Å². The molecule has 2 heterocycles. The summed E-state index contributed by atoms with van der Waals surface area (Å²) >= 11 is 0. The maximum Gasteiger partial charge on any atom is 0.182 e. The molecule has 0 radical (unpaired) electrons. The molecule has 3 aromatic rings. The highest BCUT2D eigenvalue weighted by molar-refractivity contribution is 5.58.